The molecule has 1 aromatic rings. The van der Waals surface area contributed by atoms with Gasteiger partial charge in [-0.2, -0.15) is 0 Å². The molecule has 26 heavy (non-hydrogen) atoms. The van der Waals surface area contributed by atoms with Gasteiger partial charge in [0, 0.05) is 39.1 Å². The lowest BCUT2D eigenvalue weighted by molar-refractivity contribution is 0.313. The summed E-state index contributed by atoms with van der Waals surface area (Å²) >= 11 is 0. The number of hydrogen-bond donors (Lipinski definition) is 2. The highest BCUT2D eigenvalue weighted by molar-refractivity contribution is 7.88. The van der Waals surface area contributed by atoms with Gasteiger partial charge < -0.3 is 15.4 Å². The van der Waals surface area contributed by atoms with Crippen LogP contribution >= 0.6 is 0 Å². The van der Waals surface area contributed by atoms with E-state index in [-0.39, 0.29) is 0 Å². The first-order valence-corrected chi connectivity index (χ1v) is 11.0. The third-order valence-corrected chi connectivity index (χ3v) is 5.01. The SMILES string of the molecule is CCNC(=NCCCOc1ccccc1)NCCCN(CC)S(C)(=O)=O. The van der Waals surface area contributed by atoms with E-state index in [1.165, 1.54) is 10.6 Å². The van der Waals surface area contributed by atoms with Crippen LogP contribution in [0, 0.1) is 0 Å². The molecule has 0 aliphatic rings. The molecule has 0 amide bonds. The van der Waals surface area contributed by atoms with E-state index in [1.54, 1.807) is 0 Å². The molecule has 0 saturated carbocycles. The number of guanidine groups is 1. The predicted octanol–water partition coefficient (Wildman–Crippen LogP) is 1.68. The number of aliphatic imine (C=N–C) groups is 1. The highest BCUT2D eigenvalue weighted by Gasteiger charge is 2.13. The highest BCUT2D eigenvalue weighted by Crippen LogP contribution is 2.08. The molecule has 8 heteroatoms. The lowest BCUT2D eigenvalue weighted by Crippen LogP contribution is -2.39. The van der Waals surface area contributed by atoms with E-state index in [1.807, 2.05) is 44.2 Å². The lowest BCUT2D eigenvalue weighted by atomic mass is 10.3. The summed E-state index contributed by atoms with van der Waals surface area (Å²) in [7, 11) is -3.12. The van der Waals surface area contributed by atoms with Crippen molar-refractivity contribution in [3.05, 3.63) is 30.3 Å². The zero-order chi connectivity index (χ0) is 19.3. The highest BCUT2D eigenvalue weighted by atomic mass is 32.2. The van der Waals surface area contributed by atoms with Gasteiger partial charge in [-0.15, -0.1) is 0 Å². The van der Waals surface area contributed by atoms with Gasteiger partial charge in [0.25, 0.3) is 0 Å². The zero-order valence-electron chi connectivity index (χ0n) is 16.1. The average Bonchev–Trinajstić information content (AvgIpc) is 2.61. The van der Waals surface area contributed by atoms with Crippen LogP contribution in [-0.2, 0) is 10.0 Å². The Morgan fingerprint density at radius 1 is 1.15 bits per heavy atom. The molecule has 0 bridgehead atoms. The first-order chi connectivity index (χ1) is 12.5. The van der Waals surface area contributed by atoms with Gasteiger partial charge in [-0.1, -0.05) is 25.1 Å². The molecule has 0 radical (unpaired) electrons. The van der Waals surface area contributed by atoms with E-state index in [0.717, 1.165) is 31.1 Å². The largest absolute Gasteiger partial charge is 0.494 e. The average molecular weight is 385 g/mol. The van der Waals surface area contributed by atoms with Crippen LogP contribution in [0.4, 0.5) is 0 Å². The number of nitrogens with one attached hydrogen (secondary N) is 2. The second kappa shape index (κ2) is 12.5. The Bertz CT molecular complexity index is 621. The summed E-state index contributed by atoms with van der Waals surface area (Å²) in [4.78, 5) is 4.51. The Morgan fingerprint density at radius 2 is 1.88 bits per heavy atom. The molecule has 148 valence electrons. The Labute approximate surface area is 157 Å². The van der Waals surface area contributed by atoms with Crippen LogP contribution < -0.4 is 15.4 Å². The minimum Gasteiger partial charge on any atom is -0.494 e. The molecule has 0 spiro atoms. The number of rotatable bonds is 12. The summed E-state index contributed by atoms with van der Waals surface area (Å²) < 4.78 is 30.2. The maximum Gasteiger partial charge on any atom is 0.211 e. The van der Waals surface area contributed by atoms with Crippen molar-refractivity contribution in [3.63, 3.8) is 0 Å². The number of hydrogen-bond acceptors (Lipinski definition) is 4. The van der Waals surface area contributed by atoms with E-state index in [2.05, 4.69) is 15.6 Å². The molecule has 1 rings (SSSR count). The van der Waals surface area contributed by atoms with Gasteiger partial charge in [-0.25, -0.2) is 12.7 Å². The van der Waals surface area contributed by atoms with E-state index < -0.39 is 10.0 Å². The van der Waals surface area contributed by atoms with Crippen LogP contribution in [-0.4, -0.2) is 64.3 Å². The van der Waals surface area contributed by atoms with Crippen LogP contribution in [0.3, 0.4) is 0 Å². The van der Waals surface area contributed by atoms with Gasteiger partial charge in [0.15, 0.2) is 5.96 Å². The molecular weight excluding hydrogens is 352 g/mol. The number of nitrogens with zero attached hydrogens (tertiary/aromatic N) is 2. The fourth-order valence-corrected chi connectivity index (χ4v) is 3.25. The van der Waals surface area contributed by atoms with Crippen molar-refractivity contribution in [1.29, 1.82) is 0 Å². The van der Waals surface area contributed by atoms with Crippen LogP contribution in [0.15, 0.2) is 35.3 Å². The first kappa shape index (κ1) is 22.2. The maximum atomic E-state index is 11.6. The lowest BCUT2D eigenvalue weighted by Gasteiger charge is -2.18. The molecular formula is C18H32N4O3S. The second-order valence-corrected chi connectivity index (χ2v) is 7.79. The normalized spacial score (nSPS) is 12.2. The molecule has 0 atom stereocenters. The summed E-state index contributed by atoms with van der Waals surface area (Å²) in [6.07, 6.45) is 2.79. The molecule has 0 unspecified atom stereocenters. The molecule has 0 heterocycles. The number of sulfonamides is 1. The third kappa shape index (κ3) is 9.62. The van der Waals surface area contributed by atoms with E-state index in [9.17, 15) is 8.42 Å². The number of ether oxygens (including phenoxy) is 1. The van der Waals surface area contributed by atoms with Crippen molar-refractivity contribution in [3.8, 4) is 5.75 Å². The Balaban J connectivity index is 2.27. The van der Waals surface area contributed by atoms with Crippen molar-refractivity contribution in [2.45, 2.75) is 26.7 Å². The Kier molecular flexibility index (Phi) is 10.7. The molecule has 1 aromatic carbocycles. The topological polar surface area (TPSA) is 83.0 Å². The van der Waals surface area contributed by atoms with Crippen molar-refractivity contribution in [2.24, 2.45) is 4.99 Å². The molecule has 0 fully saturated rings. The van der Waals surface area contributed by atoms with Gasteiger partial charge in [-0.05, 0) is 25.5 Å². The van der Waals surface area contributed by atoms with Crippen molar-refractivity contribution in [2.75, 3.05) is 45.6 Å². The zero-order valence-corrected chi connectivity index (χ0v) is 16.9. The standard InChI is InChI=1S/C18H32N4O3S/c1-4-19-18(20-13-9-15-22(5-2)26(3,23)24)21-14-10-16-25-17-11-7-6-8-12-17/h6-8,11-12H,4-5,9-10,13-16H2,1-3H3,(H2,19,20,21). The van der Waals surface area contributed by atoms with Gasteiger partial charge in [0.2, 0.25) is 10.0 Å². The van der Waals surface area contributed by atoms with Crippen LogP contribution in [0.1, 0.15) is 26.7 Å². The summed E-state index contributed by atoms with van der Waals surface area (Å²) in [6.45, 7) is 7.57. The van der Waals surface area contributed by atoms with Gasteiger partial charge in [0.1, 0.15) is 5.75 Å². The number of benzene rings is 1. The Morgan fingerprint density at radius 3 is 2.50 bits per heavy atom. The molecule has 7 nitrogen and oxygen atoms in total. The van der Waals surface area contributed by atoms with Crippen molar-refractivity contribution in [1.82, 2.24) is 14.9 Å². The molecule has 0 aromatic heterocycles. The van der Waals surface area contributed by atoms with Gasteiger partial charge in [-0.3, -0.25) is 4.99 Å². The summed E-state index contributed by atoms with van der Waals surface area (Å²) in [6, 6.07) is 9.73. The molecule has 2 N–H and O–H groups in total. The minimum absolute atomic E-state index is 0.494. The Hall–Kier alpha value is -1.80. The smallest absolute Gasteiger partial charge is 0.211 e. The fraction of sp³-hybridized carbons (Fsp3) is 0.611. The van der Waals surface area contributed by atoms with E-state index in [0.29, 0.717) is 32.8 Å². The quantitative estimate of drug-likeness (QED) is 0.325. The van der Waals surface area contributed by atoms with Gasteiger partial charge in [0.05, 0.1) is 12.9 Å². The fourth-order valence-electron chi connectivity index (χ4n) is 2.32. The summed E-state index contributed by atoms with van der Waals surface area (Å²) in [5, 5.41) is 6.43. The first-order valence-electron chi connectivity index (χ1n) is 9.12. The van der Waals surface area contributed by atoms with E-state index >= 15 is 0 Å². The van der Waals surface area contributed by atoms with E-state index in [4.69, 9.17) is 4.74 Å². The van der Waals surface area contributed by atoms with Crippen LogP contribution in [0.25, 0.3) is 0 Å². The van der Waals surface area contributed by atoms with Crippen LogP contribution in [0.2, 0.25) is 0 Å². The van der Waals surface area contributed by atoms with Crippen molar-refractivity contribution >= 4 is 16.0 Å². The van der Waals surface area contributed by atoms with Crippen molar-refractivity contribution < 1.29 is 13.2 Å². The minimum atomic E-state index is -3.12. The number of para-hydroxylation sites is 1. The van der Waals surface area contributed by atoms with Crippen LogP contribution in [0.5, 0.6) is 5.75 Å². The van der Waals surface area contributed by atoms with Gasteiger partial charge >= 0.3 is 0 Å². The molecule has 0 saturated heterocycles. The maximum absolute atomic E-state index is 11.6. The third-order valence-electron chi connectivity index (χ3n) is 3.63. The second-order valence-electron chi connectivity index (χ2n) is 5.81. The summed E-state index contributed by atoms with van der Waals surface area (Å²) in [5.41, 5.74) is 0. The summed E-state index contributed by atoms with van der Waals surface area (Å²) in [5.74, 6) is 1.61. The monoisotopic (exact) mass is 384 g/mol. The molecule has 0 aliphatic carbocycles. The molecule has 0 aliphatic heterocycles. The predicted molar refractivity (Wildman–Crippen MR) is 107 cm³/mol.